The number of benzene rings is 1. The summed E-state index contributed by atoms with van der Waals surface area (Å²) < 4.78 is 40.7. The van der Waals surface area contributed by atoms with E-state index in [1.165, 1.54) is 6.42 Å². The zero-order chi connectivity index (χ0) is 25.1. The van der Waals surface area contributed by atoms with E-state index in [-0.39, 0.29) is 22.3 Å². The Balaban J connectivity index is 1.50. The van der Waals surface area contributed by atoms with Crippen molar-refractivity contribution >= 4 is 40.7 Å². The minimum Gasteiger partial charge on any atom is -0.361 e. The summed E-state index contributed by atoms with van der Waals surface area (Å²) in [4.78, 5) is 9.98. The number of anilines is 2. The lowest BCUT2D eigenvalue weighted by atomic mass is 9.69. The van der Waals surface area contributed by atoms with Gasteiger partial charge >= 0.3 is 6.18 Å². The number of rotatable bonds is 5. The molecule has 2 fully saturated rings. The molecule has 1 aliphatic carbocycles. The average molecular weight is 526 g/mol. The lowest BCUT2D eigenvalue weighted by Gasteiger charge is -2.38. The van der Waals surface area contributed by atoms with Gasteiger partial charge in [0.05, 0.1) is 0 Å². The molecule has 2 aromatic rings. The second-order valence-electron chi connectivity index (χ2n) is 9.76. The zero-order valence-corrected chi connectivity index (χ0v) is 21.4. The Labute approximate surface area is 214 Å². The van der Waals surface area contributed by atoms with Gasteiger partial charge in [0.2, 0.25) is 5.95 Å². The number of halogens is 4. The summed E-state index contributed by atoms with van der Waals surface area (Å²) in [5.74, 6) is 0.676. The number of aromatic nitrogens is 2. The molecule has 5 nitrogen and oxygen atoms in total. The number of alkyl halides is 3. The predicted molar refractivity (Wildman–Crippen MR) is 138 cm³/mol. The van der Waals surface area contributed by atoms with E-state index in [0.717, 1.165) is 50.2 Å². The van der Waals surface area contributed by atoms with E-state index in [9.17, 15) is 13.2 Å². The fraction of sp³-hybridized carbons (Fsp3) is 0.560. The SMILES string of the molecule is CC1CCN(c2cc(C(F)(F)F)nc(NC(=S)NCC3(c4cccc(Cl)c4)CCCCC3)n2)CC1. The highest BCUT2D eigenvalue weighted by Gasteiger charge is 2.36. The third kappa shape index (κ3) is 6.55. The first kappa shape index (κ1) is 25.9. The van der Waals surface area contributed by atoms with Crippen LogP contribution in [0.4, 0.5) is 24.9 Å². The number of hydrogen-bond acceptors (Lipinski definition) is 4. The van der Waals surface area contributed by atoms with Gasteiger partial charge in [0.25, 0.3) is 0 Å². The molecule has 0 bridgehead atoms. The molecular weight excluding hydrogens is 495 g/mol. The molecule has 0 unspecified atom stereocenters. The maximum absolute atomic E-state index is 13.6. The molecule has 0 spiro atoms. The molecule has 2 heterocycles. The second-order valence-corrected chi connectivity index (χ2v) is 10.6. The average Bonchev–Trinajstić information content (AvgIpc) is 2.83. The van der Waals surface area contributed by atoms with Gasteiger partial charge in [-0.2, -0.15) is 18.2 Å². The van der Waals surface area contributed by atoms with Gasteiger partial charge in [-0.1, -0.05) is 49.9 Å². The Morgan fingerprint density at radius 3 is 2.51 bits per heavy atom. The third-order valence-corrected chi connectivity index (χ3v) is 7.65. The number of nitrogens with one attached hydrogen (secondary N) is 2. The van der Waals surface area contributed by atoms with Gasteiger partial charge in [-0.15, -0.1) is 0 Å². The van der Waals surface area contributed by atoms with Crippen molar-refractivity contribution in [3.8, 4) is 0 Å². The van der Waals surface area contributed by atoms with E-state index < -0.39 is 11.9 Å². The summed E-state index contributed by atoms with van der Waals surface area (Å²) in [5.41, 5.74) is 0.0326. The smallest absolute Gasteiger partial charge is 0.361 e. The third-order valence-electron chi connectivity index (χ3n) is 7.17. The Kier molecular flexibility index (Phi) is 8.06. The van der Waals surface area contributed by atoms with Crippen LogP contribution in [0.3, 0.4) is 0 Å². The highest BCUT2D eigenvalue weighted by atomic mass is 35.5. The first-order valence-corrected chi connectivity index (χ1v) is 13.0. The maximum atomic E-state index is 13.6. The molecule has 2 aliphatic rings. The number of thiocarbonyl (C=S) groups is 1. The van der Waals surface area contributed by atoms with Gasteiger partial charge in [0.15, 0.2) is 10.8 Å². The molecule has 1 saturated heterocycles. The van der Waals surface area contributed by atoms with Crippen molar-refractivity contribution in [2.75, 3.05) is 29.9 Å². The standard InChI is InChI=1S/C25H31ClF3N5S/c1-17-8-12-34(13-9-17)21-15-20(25(27,28)29)31-22(32-21)33-23(35)30-16-24(10-3-2-4-11-24)18-6-5-7-19(26)14-18/h5-7,14-15,17H,2-4,8-13,16H2,1H3,(H2,30,31,32,33,35). The summed E-state index contributed by atoms with van der Waals surface area (Å²) in [7, 11) is 0. The van der Waals surface area contributed by atoms with Crippen molar-refractivity contribution in [2.45, 2.75) is 63.5 Å². The molecule has 1 aliphatic heterocycles. The Hall–Kier alpha value is -2.13. The summed E-state index contributed by atoms with van der Waals surface area (Å²) >= 11 is 11.7. The lowest BCUT2D eigenvalue weighted by Crippen LogP contribution is -2.43. The largest absolute Gasteiger partial charge is 0.433 e. The molecular formula is C25H31ClF3N5S. The van der Waals surface area contributed by atoms with Gasteiger partial charge in [-0.25, -0.2) is 4.98 Å². The first-order chi connectivity index (χ1) is 16.6. The Morgan fingerprint density at radius 2 is 1.86 bits per heavy atom. The highest BCUT2D eigenvalue weighted by molar-refractivity contribution is 7.80. The van der Waals surface area contributed by atoms with Crippen LogP contribution >= 0.6 is 23.8 Å². The molecule has 10 heteroatoms. The second kappa shape index (κ2) is 10.9. The monoisotopic (exact) mass is 525 g/mol. The summed E-state index contributed by atoms with van der Waals surface area (Å²) in [6.45, 7) is 4.03. The number of hydrogen-bond donors (Lipinski definition) is 2. The first-order valence-electron chi connectivity index (χ1n) is 12.2. The molecule has 190 valence electrons. The normalized spacial score (nSPS) is 18.8. The molecule has 0 atom stereocenters. The fourth-order valence-electron chi connectivity index (χ4n) is 5.04. The van der Waals surface area contributed by atoms with Crippen LogP contribution in [0.5, 0.6) is 0 Å². The molecule has 1 aromatic heterocycles. The topological polar surface area (TPSA) is 53.1 Å². The minimum absolute atomic E-state index is 0.140. The van der Waals surface area contributed by atoms with Crippen LogP contribution in [0.1, 0.15) is 63.1 Å². The molecule has 35 heavy (non-hydrogen) atoms. The molecule has 1 aromatic carbocycles. The van der Waals surface area contributed by atoms with Crippen LogP contribution in [-0.4, -0.2) is 34.7 Å². The van der Waals surface area contributed by atoms with Crippen LogP contribution < -0.4 is 15.5 Å². The van der Waals surface area contributed by atoms with Crippen LogP contribution in [0, 0.1) is 5.92 Å². The van der Waals surface area contributed by atoms with Crippen molar-refractivity contribution in [3.63, 3.8) is 0 Å². The Bertz CT molecular complexity index is 1030. The Morgan fingerprint density at radius 1 is 1.14 bits per heavy atom. The zero-order valence-electron chi connectivity index (χ0n) is 19.8. The van der Waals surface area contributed by atoms with Gasteiger partial charge in [-0.3, -0.25) is 0 Å². The molecule has 0 radical (unpaired) electrons. The minimum atomic E-state index is -4.58. The summed E-state index contributed by atoms with van der Waals surface area (Å²) in [6, 6.07) is 8.90. The summed E-state index contributed by atoms with van der Waals surface area (Å²) in [6.07, 6.45) is 2.61. The van der Waals surface area contributed by atoms with Crippen molar-refractivity contribution in [2.24, 2.45) is 5.92 Å². The highest BCUT2D eigenvalue weighted by Crippen LogP contribution is 2.40. The van der Waals surface area contributed by atoms with Crippen LogP contribution in [0.2, 0.25) is 5.02 Å². The van der Waals surface area contributed by atoms with E-state index in [2.05, 4.69) is 33.6 Å². The van der Waals surface area contributed by atoms with Crippen LogP contribution in [0.15, 0.2) is 30.3 Å². The van der Waals surface area contributed by atoms with Crippen molar-refractivity contribution in [3.05, 3.63) is 46.6 Å². The van der Waals surface area contributed by atoms with Crippen molar-refractivity contribution in [1.82, 2.24) is 15.3 Å². The van der Waals surface area contributed by atoms with E-state index in [1.54, 1.807) is 0 Å². The molecule has 4 rings (SSSR count). The summed E-state index contributed by atoms with van der Waals surface area (Å²) in [5, 5.41) is 6.92. The van der Waals surface area contributed by atoms with Gasteiger partial charge < -0.3 is 15.5 Å². The van der Waals surface area contributed by atoms with Crippen LogP contribution in [0.25, 0.3) is 0 Å². The van der Waals surface area contributed by atoms with E-state index in [1.807, 2.05) is 23.1 Å². The van der Waals surface area contributed by atoms with E-state index in [0.29, 0.717) is 30.6 Å². The maximum Gasteiger partial charge on any atom is 0.433 e. The van der Waals surface area contributed by atoms with E-state index in [4.69, 9.17) is 23.8 Å². The molecule has 0 amide bonds. The van der Waals surface area contributed by atoms with Gasteiger partial charge in [0, 0.05) is 36.1 Å². The van der Waals surface area contributed by atoms with E-state index >= 15 is 0 Å². The van der Waals surface area contributed by atoms with Crippen molar-refractivity contribution in [1.29, 1.82) is 0 Å². The molecule has 1 saturated carbocycles. The van der Waals surface area contributed by atoms with Gasteiger partial charge in [0.1, 0.15) is 5.82 Å². The quantitative estimate of drug-likeness (QED) is 0.430. The van der Waals surface area contributed by atoms with Crippen molar-refractivity contribution < 1.29 is 13.2 Å². The number of nitrogens with zero attached hydrogens (tertiary/aromatic N) is 3. The van der Waals surface area contributed by atoms with Gasteiger partial charge in [-0.05, 0) is 61.5 Å². The number of piperidine rings is 1. The van der Waals surface area contributed by atoms with Crippen LogP contribution in [-0.2, 0) is 11.6 Å². The molecule has 2 N–H and O–H groups in total. The fourth-order valence-corrected chi connectivity index (χ4v) is 5.40. The lowest BCUT2D eigenvalue weighted by molar-refractivity contribution is -0.141. The predicted octanol–water partition coefficient (Wildman–Crippen LogP) is 6.57.